The standard InChI is InChI=1S/C11H9NO5/c1-2-3-11(14)17-10-5-4-9(12(15)16)6-8(10)7-13/h2-7H,1H3/b3-2+. The van der Waals surface area contributed by atoms with Crippen molar-refractivity contribution in [2.45, 2.75) is 6.92 Å². The van der Waals surface area contributed by atoms with Crippen LogP contribution in [0.4, 0.5) is 5.69 Å². The lowest BCUT2D eigenvalue weighted by atomic mass is 10.2. The van der Waals surface area contributed by atoms with E-state index in [-0.39, 0.29) is 17.0 Å². The van der Waals surface area contributed by atoms with Gasteiger partial charge in [-0.05, 0) is 13.0 Å². The van der Waals surface area contributed by atoms with E-state index in [1.54, 1.807) is 6.92 Å². The fraction of sp³-hybridized carbons (Fsp3) is 0.0909. The smallest absolute Gasteiger partial charge is 0.335 e. The number of aldehydes is 1. The summed E-state index contributed by atoms with van der Waals surface area (Å²) in [5, 5.41) is 10.5. The van der Waals surface area contributed by atoms with Gasteiger partial charge in [-0.2, -0.15) is 0 Å². The van der Waals surface area contributed by atoms with E-state index < -0.39 is 10.9 Å². The van der Waals surface area contributed by atoms with Gasteiger partial charge in [-0.25, -0.2) is 4.79 Å². The van der Waals surface area contributed by atoms with Crippen molar-refractivity contribution in [3.63, 3.8) is 0 Å². The first-order valence-corrected chi connectivity index (χ1v) is 4.66. The molecule has 0 aliphatic carbocycles. The maximum atomic E-state index is 11.1. The SMILES string of the molecule is C/C=C/C(=O)Oc1ccc([N+](=O)[O-])cc1C=O. The van der Waals surface area contributed by atoms with Gasteiger partial charge >= 0.3 is 5.97 Å². The number of hydrogen-bond donors (Lipinski definition) is 0. The van der Waals surface area contributed by atoms with Crippen LogP contribution >= 0.6 is 0 Å². The minimum Gasteiger partial charge on any atom is -0.423 e. The van der Waals surface area contributed by atoms with Crippen LogP contribution in [0.25, 0.3) is 0 Å². The first-order chi connectivity index (χ1) is 8.08. The van der Waals surface area contributed by atoms with Crippen molar-refractivity contribution in [3.8, 4) is 5.75 Å². The van der Waals surface area contributed by atoms with E-state index in [4.69, 9.17) is 4.74 Å². The monoisotopic (exact) mass is 235 g/mol. The number of allylic oxidation sites excluding steroid dienone is 1. The van der Waals surface area contributed by atoms with Crippen molar-refractivity contribution in [3.05, 3.63) is 46.0 Å². The molecule has 6 nitrogen and oxygen atoms in total. The first-order valence-electron chi connectivity index (χ1n) is 4.66. The number of ether oxygens (including phenoxy) is 1. The predicted octanol–water partition coefficient (Wildman–Crippen LogP) is 1.89. The van der Waals surface area contributed by atoms with Crippen LogP contribution in [-0.4, -0.2) is 17.2 Å². The molecule has 0 spiro atoms. The maximum absolute atomic E-state index is 11.1. The molecule has 0 amide bonds. The van der Waals surface area contributed by atoms with E-state index in [9.17, 15) is 19.7 Å². The number of hydrogen-bond acceptors (Lipinski definition) is 5. The summed E-state index contributed by atoms with van der Waals surface area (Å²) in [5.74, 6) is -0.654. The molecule has 0 aliphatic rings. The average Bonchev–Trinajstić information content (AvgIpc) is 2.29. The minimum absolute atomic E-state index is 0.00583. The van der Waals surface area contributed by atoms with Crippen LogP contribution in [0.15, 0.2) is 30.4 Å². The summed E-state index contributed by atoms with van der Waals surface area (Å²) in [6.45, 7) is 1.64. The molecule has 0 bridgehead atoms. The predicted molar refractivity (Wildman–Crippen MR) is 58.9 cm³/mol. The summed E-state index contributed by atoms with van der Waals surface area (Å²) in [6.07, 6.45) is 3.05. The third-order valence-corrected chi connectivity index (χ3v) is 1.84. The normalized spacial score (nSPS) is 10.2. The number of nitro groups is 1. The summed E-state index contributed by atoms with van der Waals surface area (Å²) < 4.78 is 4.83. The second-order valence-corrected chi connectivity index (χ2v) is 3.02. The molecule has 0 radical (unpaired) electrons. The summed E-state index contributed by atoms with van der Waals surface area (Å²) >= 11 is 0. The number of non-ortho nitro benzene ring substituents is 1. The zero-order valence-corrected chi connectivity index (χ0v) is 8.95. The summed E-state index contributed by atoms with van der Waals surface area (Å²) in [4.78, 5) is 31.7. The average molecular weight is 235 g/mol. The number of carbonyl (C=O) groups is 2. The van der Waals surface area contributed by atoms with Crippen molar-refractivity contribution in [1.29, 1.82) is 0 Å². The van der Waals surface area contributed by atoms with Crippen LogP contribution in [0.3, 0.4) is 0 Å². The van der Waals surface area contributed by atoms with Crippen molar-refractivity contribution in [1.82, 2.24) is 0 Å². The van der Waals surface area contributed by atoms with E-state index >= 15 is 0 Å². The quantitative estimate of drug-likeness (QED) is 0.198. The largest absolute Gasteiger partial charge is 0.423 e. The summed E-state index contributed by atoms with van der Waals surface area (Å²) in [7, 11) is 0. The van der Waals surface area contributed by atoms with Crippen LogP contribution in [0.5, 0.6) is 5.75 Å². The second-order valence-electron chi connectivity index (χ2n) is 3.02. The molecule has 1 rings (SSSR count). The highest BCUT2D eigenvalue weighted by Gasteiger charge is 2.12. The number of nitro benzene ring substituents is 1. The Morgan fingerprint density at radius 1 is 1.47 bits per heavy atom. The molecule has 0 saturated carbocycles. The van der Waals surface area contributed by atoms with Gasteiger partial charge in [-0.3, -0.25) is 14.9 Å². The molecular weight excluding hydrogens is 226 g/mol. The first kappa shape index (κ1) is 12.6. The lowest BCUT2D eigenvalue weighted by Crippen LogP contribution is -2.05. The summed E-state index contributed by atoms with van der Waals surface area (Å²) in [6, 6.07) is 3.42. The molecule has 0 unspecified atom stereocenters. The van der Waals surface area contributed by atoms with Gasteiger partial charge in [0.1, 0.15) is 5.75 Å². The van der Waals surface area contributed by atoms with E-state index in [1.165, 1.54) is 18.2 Å². The highest BCUT2D eigenvalue weighted by molar-refractivity contribution is 5.87. The van der Waals surface area contributed by atoms with Crippen LogP contribution in [0, 0.1) is 10.1 Å². The van der Waals surface area contributed by atoms with E-state index in [2.05, 4.69) is 0 Å². The molecule has 0 saturated heterocycles. The fourth-order valence-electron chi connectivity index (χ4n) is 1.11. The Morgan fingerprint density at radius 3 is 2.71 bits per heavy atom. The van der Waals surface area contributed by atoms with Crippen LogP contribution in [-0.2, 0) is 4.79 Å². The number of esters is 1. The molecule has 0 N–H and O–H groups in total. The highest BCUT2D eigenvalue weighted by atomic mass is 16.6. The van der Waals surface area contributed by atoms with Crippen molar-refractivity contribution >= 4 is 17.9 Å². The third kappa shape index (κ3) is 3.23. The number of benzene rings is 1. The van der Waals surface area contributed by atoms with Crippen molar-refractivity contribution in [2.75, 3.05) is 0 Å². The van der Waals surface area contributed by atoms with Crippen molar-refractivity contribution in [2.24, 2.45) is 0 Å². The van der Waals surface area contributed by atoms with Gasteiger partial charge in [-0.1, -0.05) is 6.08 Å². The van der Waals surface area contributed by atoms with Crippen LogP contribution < -0.4 is 4.74 Å². The number of carbonyl (C=O) groups excluding carboxylic acids is 2. The zero-order valence-electron chi connectivity index (χ0n) is 8.95. The molecule has 1 aromatic carbocycles. The molecule has 17 heavy (non-hydrogen) atoms. The maximum Gasteiger partial charge on any atom is 0.335 e. The van der Waals surface area contributed by atoms with Gasteiger partial charge in [0.05, 0.1) is 10.5 Å². The molecule has 0 aliphatic heterocycles. The van der Waals surface area contributed by atoms with Gasteiger partial charge in [-0.15, -0.1) is 0 Å². The van der Waals surface area contributed by atoms with E-state index in [0.717, 1.165) is 12.1 Å². The Hall–Kier alpha value is -2.50. The van der Waals surface area contributed by atoms with Gasteiger partial charge in [0.15, 0.2) is 6.29 Å². The Kier molecular flexibility index (Phi) is 4.10. The van der Waals surface area contributed by atoms with E-state index in [0.29, 0.717) is 6.29 Å². The number of rotatable bonds is 4. The topological polar surface area (TPSA) is 86.5 Å². The van der Waals surface area contributed by atoms with Gasteiger partial charge in [0, 0.05) is 18.2 Å². The Bertz CT molecular complexity index is 493. The third-order valence-electron chi connectivity index (χ3n) is 1.84. The zero-order chi connectivity index (χ0) is 12.8. The van der Waals surface area contributed by atoms with Gasteiger partial charge < -0.3 is 4.74 Å². The second kappa shape index (κ2) is 5.55. The Morgan fingerprint density at radius 2 is 2.18 bits per heavy atom. The molecule has 6 heteroatoms. The lowest BCUT2D eigenvalue weighted by Gasteiger charge is -2.03. The molecule has 0 atom stereocenters. The van der Waals surface area contributed by atoms with Gasteiger partial charge in [0.2, 0.25) is 0 Å². The lowest BCUT2D eigenvalue weighted by molar-refractivity contribution is -0.384. The molecule has 0 fully saturated rings. The Labute approximate surface area is 96.7 Å². The highest BCUT2D eigenvalue weighted by Crippen LogP contribution is 2.22. The van der Waals surface area contributed by atoms with Crippen LogP contribution in [0.1, 0.15) is 17.3 Å². The molecular formula is C11H9NO5. The Balaban J connectivity index is 3.04. The molecule has 88 valence electrons. The number of nitrogens with zero attached hydrogens (tertiary/aromatic N) is 1. The van der Waals surface area contributed by atoms with Crippen molar-refractivity contribution < 1.29 is 19.2 Å². The van der Waals surface area contributed by atoms with Gasteiger partial charge in [0.25, 0.3) is 5.69 Å². The summed E-state index contributed by atoms with van der Waals surface area (Å²) in [5.41, 5.74) is -0.282. The fourth-order valence-corrected chi connectivity index (χ4v) is 1.11. The van der Waals surface area contributed by atoms with Crippen LogP contribution in [0.2, 0.25) is 0 Å². The molecule has 0 aromatic heterocycles. The molecule has 1 aromatic rings. The van der Waals surface area contributed by atoms with E-state index in [1.807, 2.05) is 0 Å². The minimum atomic E-state index is -0.649. The molecule has 0 heterocycles.